The summed E-state index contributed by atoms with van der Waals surface area (Å²) in [5, 5.41) is 0. The minimum Gasteiger partial charge on any atom is -0.373 e. The Morgan fingerprint density at radius 2 is 1.22 bits per heavy atom. The number of hydrogen-bond donors (Lipinski definition) is 0. The van der Waals surface area contributed by atoms with Gasteiger partial charge in [-0.1, -0.05) is 65.2 Å². The quantitative estimate of drug-likeness (QED) is 0.383. The lowest BCUT2D eigenvalue weighted by atomic mass is 9.91. The Kier molecular flexibility index (Phi) is 10.8. The molecular formula is C17H36O. The predicted molar refractivity (Wildman–Crippen MR) is 82.1 cm³/mol. The molecule has 0 aliphatic carbocycles. The van der Waals surface area contributed by atoms with Crippen molar-refractivity contribution in [3.63, 3.8) is 0 Å². The molecule has 0 saturated carbocycles. The van der Waals surface area contributed by atoms with E-state index in [1.54, 1.807) is 0 Å². The van der Waals surface area contributed by atoms with E-state index in [4.69, 9.17) is 4.74 Å². The molecule has 0 heterocycles. The fourth-order valence-corrected chi connectivity index (χ4v) is 2.66. The summed E-state index contributed by atoms with van der Waals surface area (Å²) in [7, 11) is 0. The van der Waals surface area contributed by atoms with Gasteiger partial charge >= 0.3 is 0 Å². The van der Waals surface area contributed by atoms with Gasteiger partial charge in [0, 0.05) is 0 Å². The Labute approximate surface area is 116 Å². The van der Waals surface area contributed by atoms with Crippen LogP contribution >= 0.6 is 0 Å². The molecule has 0 spiro atoms. The molecule has 0 amide bonds. The summed E-state index contributed by atoms with van der Waals surface area (Å²) < 4.78 is 6.20. The van der Waals surface area contributed by atoms with Crippen LogP contribution in [0.25, 0.3) is 0 Å². The SMILES string of the molecule is CCCCCCC(C)(CCCCCC)OC(C)C. The average Bonchev–Trinajstić information content (AvgIpc) is 2.30. The third-order valence-electron chi connectivity index (χ3n) is 3.64. The van der Waals surface area contributed by atoms with E-state index >= 15 is 0 Å². The van der Waals surface area contributed by atoms with Crippen LogP contribution in [0.5, 0.6) is 0 Å². The summed E-state index contributed by atoms with van der Waals surface area (Å²) in [6, 6.07) is 0. The first-order chi connectivity index (χ1) is 8.54. The maximum Gasteiger partial charge on any atom is 0.0658 e. The van der Waals surface area contributed by atoms with Gasteiger partial charge in [-0.2, -0.15) is 0 Å². The Morgan fingerprint density at radius 3 is 1.56 bits per heavy atom. The van der Waals surface area contributed by atoms with Crippen LogP contribution < -0.4 is 0 Å². The van der Waals surface area contributed by atoms with Gasteiger partial charge in [-0.3, -0.25) is 0 Å². The van der Waals surface area contributed by atoms with Crippen LogP contribution in [0.4, 0.5) is 0 Å². The second-order valence-electron chi connectivity index (χ2n) is 6.24. The lowest BCUT2D eigenvalue weighted by Crippen LogP contribution is -2.31. The van der Waals surface area contributed by atoms with Gasteiger partial charge in [0.05, 0.1) is 11.7 Å². The van der Waals surface area contributed by atoms with Crippen LogP contribution in [-0.4, -0.2) is 11.7 Å². The number of ether oxygens (including phenoxy) is 1. The molecule has 0 bridgehead atoms. The van der Waals surface area contributed by atoms with E-state index < -0.39 is 0 Å². The summed E-state index contributed by atoms with van der Waals surface area (Å²) in [5.41, 5.74) is 0.121. The molecule has 0 fully saturated rings. The lowest BCUT2D eigenvalue weighted by Gasteiger charge is -2.32. The van der Waals surface area contributed by atoms with Gasteiger partial charge in [-0.25, -0.2) is 0 Å². The molecule has 0 aromatic carbocycles. The second kappa shape index (κ2) is 10.8. The standard InChI is InChI=1S/C17H36O/c1-6-8-10-12-14-17(5,18-16(3)4)15-13-11-9-7-2/h16H,6-15H2,1-5H3. The molecule has 110 valence electrons. The van der Waals surface area contributed by atoms with Crippen LogP contribution in [0.3, 0.4) is 0 Å². The van der Waals surface area contributed by atoms with E-state index in [1.165, 1.54) is 64.2 Å². The molecule has 0 aliphatic rings. The second-order valence-corrected chi connectivity index (χ2v) is 6.24. The van der Waals surface area contributed by atoms with Crippen molar-refractivity contribution in [3.8, 4) is 0 Å². The van der Waals surface area contributed by atoms with Crippen LogP contribution in [-0.2, 0) is 4.74 Å². The molecule has 0 aromatic heterocycles. The molecule has 18 heavy (non-hydrogen) atoms. The molecule has 1 heteroatoms. The van der Waals surface area contributed by atoms with Gasteiger partial charge in [0.1, 0.15) is 0 Å². The highest BCUT2D eigenvalue weighted by molar-refractivity contribution is 4.76. The maximum atomic E-state index is 6.20. The van der Waals surface area contributed by atoms with Crippen molar-refractivity contribution in [2.75, 3.05) is 0 Å². The third-order valence-corrected chi connectivity index (χ3v) is 3.64. The molecule has 0 saturated heterocycles. The van der Waals surface area contributed by atoms with Gasteiger partial charge in [0.2, 0.25) is 0 Å². The largest absolute Gasteiger partial charge is 0.373 e. The zero-order valence-corrected chi connectivity index (χ0v) is 13.6. The summed E-state index contributed by atoms with van der Waals surface area (Å²) in [4.78, 5) is 0. The molecule has 0 aromatic rings. The van der Waals surface area contributed by atoms with E-state index in [0.717, 1.165) is 0 Å². The third kappa shape index (κ3) is 9.94. The topological polar surface area (TPSA) is 9.23 Å². The predicted octanol–water partition coefficient (Wildman–Crippen LogP) is 6.11. The van der Waals surface area contributed by atoms with E-state index in [0.29, 0.717) is 6.10 Å². The van der Waals surface area contributed by atoms with Crippen molar-refractivity contribution in [2.24, 2.45) is 0 Å². The summed E-state index contributed by atoms with van der Waals surface area (Å²) >= 11 is 0. The Hall–Kier alpha value is -0.0400. The lowest BCUT2D eigenvalue weighted by molar-refractivity contribution is -0.0804. The van der Waals surface area contributed by atoms with Crippen molar-refractivity contribution >= 4 is 0 Å². The highest BCUT2D eigenvalue weighted by Gasteiger charge is 2.25. The summed E-state index contributed by atoms with van der Waals surface area (Å²) in [6.07, 6.45) is 13.6. The van der Waals surface area contributed by atoms with Crippen LogP contribution in [0, 0.1) is 0 Å². The summed E-state index contributed by atoms with van der Waals surface area (Å²) in [6.45, 7) is 11.2. The minimum absolute atomic E-state index is 0.121. The highest BCUT2D eigenvalue weighted by atomic mass is 16.5. The molecule has 1 nitrogen and oxygen atoms in total. The van der Waals surface area contributed by atoms with Gasteiger partial charge in [0.15, 0.2) is 0 Å². The molecule has 0 unspecified atom stereocenters. The number of hydrogen-bond acceptors (Lipinski definition) is 1. The monoisotopic (exact) mass is 256 g/mol. The van der Waals surface area contributed by atoms with Gasteiger partial charge in [-0.15, -0.1) is 0 Å². The zero-order valence-electron chi connectivity index (χ0n) is 13.6. The van der Waals surface area contributed by atoms with Gasteiger partial charge in [0.25, 0.3) is 0 Å². The Morgan fingerprint density at radius 1 is 0.778 bits per heavy atom. The first-order valence-electron chi connectivity index (χ1n) is 8.22. The minimum atomic E-state index is 0.121. The van der Waals surface area contributed by atoms with Gasteiger partial charge < -0.3 is 4.74 Å². The van der Waals surface area contributed by atoms with Crippen LogP contribution in [0.1, 0.15) is 98.8 Å². The maximum absolute atomic E-state index is 6.20. The summed E-state index contributed by atoms with van der Waals surface area (Å²) in [5.74, 6) is 0. The fraction of sp³-hybridized carbons (Fsp3) is 1.00. The van der Waals surface area contributed by atoms with Gasteiger partial charge in [-0.05, 0) is 33.6 Å². The fourth-order valence-electron chi connectivity index (χ4n) is 2.66. The number of rotatable bonds is 12. The van der Waals surface area contributed by atoms with Crippen molar-refractivity contribution in [1.82, 2.24) is 0 Å². The average molecular weight is 256 g/mol. The van der Waals surface area contributed by atoms with E-state index in [9.17, 15) is 0 Å². The number of unbranched alkanes of at least 4 members (excludes halogenated alkanes) is 6. The molecule has 0 aliphatic heterocycles. The molecule has 0 radical (unpaired) electrons. The Bertz CT molecular complexity index is 162. The van der Waals surface area contributed by atoms with E-state index in [2.05, 4.69) is 34.6 Å². The van der Waals surface area contributed by atoms with Crippen molar-refractivity contribution < 1.29 is 4.74 Å². The molecular weight excluding hydrogens is 220 g/mol. The Balaban J connectivity index is 3.99. The molecule has 0 atom stereocenters. The van der Waals surface area contributed by atoms with Crippen molar-refractivity contribution in [1.29, 1.82) is 0 Å². The molecule has 0 rings (SSSR count). The van der Waals surface area contributed by atoms with E-state index in [1.807, 2.05) is 0 Å². The van der Waals surface area contributed by atoms with E-state index in [-0.39, 0.29) is 5.60 Å². The first kappa shape index (κ1) is 18.0. The first-order valence-corrected chi connectivity index (χ1v) is 8.22. The molecule has 0 N–H and O–H groups in total. The smallest absolute Gasteiger partial charge is 0.0658 e. The van der Waals surface area contributed by atoms with Crippen LogP contribution in [0.2, 0.25) is 0 Å². The highest BCUT2D eigenvalue weighted by Crippen LogP contribution is 2.27. The normalized spacial score (nSPS) is 12.3. The van der Waals surface area contributed by atoms with Crippen LogP contribution in [0.15, 0.2) is 0 Å². The van der Waals surface area contributed by atoms with Crippen molar-refractivity contribution in [2.45, 2.75) is 111 Å². The van der Waals surface area contributed by atoms with Crippen molar-refractivity contribution in [3.05, 3.63) is 0 Å². The zero-order chi connectivity index (χ0) is 13.9.